The first-order valence-electron chi connectivity index (χ1n) is 7.56. The van der Waals surface area contributed by atoms with Crippen LogP contribution >= 0.6 is 0 Å². The highest BCUT2D eigenvalue weighted by Gasteiger charge is 2.14. The van der Waals surface area contributed by atoms with Crippen LogP contribution in [0.1, 0.15) is 34.8 Å². The number of Topliss-reactive ketones (excluding diaryl/α,β-unsaturated/α-hetero) is 1. The van der Waals surface area contributed by atoms with Gasteiger partial charge in [-0.3, -0.25) is 9.59 Å². The molecule has 0 heterocycles. The van der Waals surface area contributed by atoms with Gasteiger partial charge >= 0.3 is 5.97 Å². The van der Waals surface area contributed by atoms with Crippen molar-refractivity contribution < 1.29 is 19.1 Å². The van der Waals surface area contributed by atoms with Crippen molar-refractivity contribution in [2.45, 2.75) is 26.9 Å². The molecule has 23 heavy (non-hydrogen) atoms. The number of ether oxygens (including phenoxy) is 2. The van der Waals surface area contributed by atoms with Gasteiger partial charge in [0.25, 0.3) is 0 Å². The quantitative estimate of drug-likeness (QED) is 0.444. The molecule has 0 spiro atoms. The molecule has 0 saturated carbocycles. The molecule has 0 aliphatic heterocycles. The minimum atomic E-state index is -0.509. The number of hydrogen-bond acceptors (Lipinski definition) is 4. The number of rotatable bonds is 7. The lowest BCUT2D eigenvalue weighted by atomic mass is 10.1. The predicted molar refractivity (Wildman–Crippen MR) is 87.5 cm³/mol. The molecule has 0 aliphatic carbocycles. The molecule has 2 aromatic carbocycles. The molecular formula is C19H20O4. The van der Waals surface area contributed by atoms with Gasteiger partial charge in [-0.25, -0.2) is 0 Å². The van der Waals surface area contributed by atoms with Crippen LogP contribution in [0.3, 0.4) is 0 Å². The average Bonchev–Trinajstić information content (AvgIpc) is 2.55. The van der Waals surface area contributed by atoms with E-state index in [0.29, 0.717) is 17.9 Å². The summed E-state index contributed by atoms with van der Waals surface area (Å²) in [5.41, 5.74) is 2.44. The van der Waals surface area contributed by atoms with E-state index in [0.717, 1.165) is 11.1 Å². The highest BCUT2D eigenvalue weighted by molar-refractivity contribution is 6.06. The lowest BCUT2D eigenvalue weighted by Crippen LogP contribution is -2.11. The van der Waals surface area contributed by atoms with Crippen molar-refractivity contribution in [1.29, 1.82) is 0 Å². The molecule has 0 aliphatic rings. The van der Waals surface area contributed by atoms with Crippen LogP contribution in [0, 0.1) is 6.92 Å². The Morgan fingerprint density at radius 1 is 1.04 bits per heavy atom. The van der Waals surface area contributed by atoms with Crippen LogP contribution in [0.15, 0.2) is 48.5 Å². The van der Waals surface area contributed by atoms with Crippen molar-refractivity contribution in [2.24, 2.45) is 0 Å². The van der Waals surface area contributed by atoms with Crippen LogP contribution < -0.4 is 4.74 Å². The van der Waals surface area contributed by atoms with Gasteiger partial charge < -0.3 is 9.47 Å². The van der Waals surface area contributed by atoms with Crippen LogP contribution in [-0.4, -0.2) is 18.4 Å². The van der Waals surface area contributed by atoms with Gasteiger partial charge in [-0.2, -0.15) is 0 Å². The molecule has 120 valence electrons. The second-order valence-electron chi connectivity index (χ2n) is 5.16. The first-order chi connectivity index (χ1) is 11.1. The summed E-state index contributed by atoms with van der Waals surface area (Å²) < 4.78 is 10.6. The zero-order valence-electron chi connectivity index (χ0n) is 13.4. The predicted octanol–water partition coefficient (Wildman–Crippen LogP) is 3.71. The highest BCUT2D eigenvalue weighted by Crippen LogP contribution is 2.22. The van der Waals surface area contributed by atoms with Crippen molar-refractivity contribution in [3.63, 3.8) is 0 Å². The Labute approximate surface area is 136 Å². The lowest BCUT2D eigenvalue weighted by molar-refractivity contribution is -0.141. The van der Waals surface area contributed by atoms with E-state index in [2.05, 4.69) is 0 Å². The van der Waals surface area contributed by atoms with Gasteiger partial charge in [-0.1, -0.05) is 42.5 Å². The third-order valence-corrected chi connectivity index (χ3v) is 3.36. The van der Waals surface area contributed by atoms with Crippen LogP contribution in [-0.2, 0) is 16.1 Å². The molecule has 0 aromatic heterocycles. The van der Waals surface area contributed by atoms with E-state index >= 15 is 0 Å². The smallest absolute Gasteiger partial charge is 0.313 e. The molecule has 0 unspecified atom stereocenters. The number of aryl methyl sites for hydroxylation is 1. The largest absolute Gasteiger partial charge is 0.489 e. The van der Waals surface area contributed by atoms with Crippen molar-refractivity contribution in [2.75, 3.05) is 6.61 Å². The van der Waals surface area contributed by atoms with E-state index in [1.165, 1.54) is 0 Å². The van der Waals surface area contributed by atoms with E-state index < -0.39 is 5.97 Å². The summed E-state index contributed by atoms with van der Waals surface area (Å²) in [7, 11) is 0. The molecule has 4 heteroatoms. The van der Waals surface area contributed by atoms with Crippen molar-refractivity contribution in [3.05, 3.63) is 65.2 Å². The fourth-order valence-corrected chi connectivity index (χ4v) is 2.11. The van der Waals surface area contributed by atoms with Gasteiger partial charge in [-0.15, -0.1) is 0 Å². The van der Waals surface area contributed by atoms with E-state index in [9.17, 15) is 9.59 Å². The topological polar surface area (TPSA) is 52.6 Å². The monoisotopic (exact) mass is 312 g/mol. The maximum absolute atomic E-state index is 12.1. The Balaban J connectivity index is 2.06. The van der Waals surface area contributed by atoms with Crippen LogP contribution in [0.4, 0.5) is 0 Å². The highest BCUT2D eigenvalue weighted by atomic mass is 16.5. The fraction of sp³-hybridized carbons (Fsp3) is 0.263. The summed E-state index contributed by atoms with van der Waals surface area (Å²) >= 11 is 0. The summed E-state index contributed by atoms with van der Waals surface area (Å²) in [4.78, 5) is 23.5. The van der Waals surface area contributed by atoms with Gasteiger partial charge in [-0.05, 0) is 31.0 Å². The molecule has 0 amide bonds. The van der Waals surface area contributed by atoms with Gasteiger partial charge in [0.2, 0.25) is 0 Å². The Morgan fingerprint density at radius 3 is 2.48 bits per heavy atom. The number of hydrogen-bond donors (Lipinski definition) is 0. The van der Waals surface area contributed by atoms with Gasteiger partial charge in [0.05, 0.1) is 6.61 Å². The lowest BCUT2D eigenvalue weighted by Gasteiger charge is -2.11. The summed E-state index contributed by atoms with van der Waals surface area (Å²) in [6.07, 6.45) is -0.255. The number of esters is 1. The molecule has 0 bridgehead atoms. The van der Waals surface area contributed by atoms with Crippen LogP contribution in [0.5, 0.6) is 5.75 Å². The summed E-state index contributed by atoms with van der Waals surface area (Å²) in [5.74, 6) is -0.138. The number of carbonyl (C=O) groups excluding carboxylic acids is 2. The average molecular weight is 312 g/mol. The van der Waals surface area contributed by atoms with E-state index in [1.807, 2.05) is 43.3 Å². The molecule has 0 N–H and O–H groups in total. The summed E-state index contributed by atoms with van der Waals surface area (Å²) in [6.45, 7) is 4.33. The molecule has 2 rings (SSSR count). The van der Waals surface area contributed by atoms with Crippen LogP contribution in [0.25, 0.3) is 0 Å². The van der Waals surface area contributed by atoms with E-state index in [-0.39, 0.29) is 18.8 Å². The standard InChI is InChI=1S/C19H20O4/c1-3-22-19(21)12-17(20)16-10-9-14(2)18(11-16)23-13-15-7-5-4-6-8-15/h4-11H,3,12-13H2,1-2H3. The van der Waals surface area contributed by atoms with Crippen molar-refractivity contribution in [3.8, 4) is 5.75 Å². The zero-order chi connectivity index (χ0) is 16.7. The third-order valence-electron chi connectivity index (χ3n) is 3.36. The minimum Gasteiger partial charge on any atom is -0.489 e. The van der Waals surface area contributed by atoms with Crippen molar-refractivity contribution in [1.82, 2.24) is 0 Å². The number of carbonyl (C=O) groups is 2. The molecular weight excluding hydrogens is 292 g/mol. The first-order valence-corrected chi connectivity index (χ1v) is 7.56. The Hall–Kier alpha value is -2.62. The van der Waals surface area contributed by atoms with Gasteiger partial charge in [0, 0.05) is 5.56 Å². The SMILES string of the molecule is CCOC(=O)CC(=O)c1ccc(C)c(OCc2ccccc2)c1. The molecule has 2 aromatic rings. The minimum absolute atomic E-state index is 0.255. The Bertz CT molecular complexity index is 677. The second kappa shape index (κ2) is 8.13. The molecule has 0 fully saturated rings. The van der Waals surface area contributed by atoms with E-state index in [1.54, 1.807) is 19.1 Å². The van der Waals surface area contributed by atoms with Gasteiger partial charge in [0.1, 0.15) is 18.8 Å². The normalized spacial score (nSPS) is 10.2. The summed E-state index contributed by atoms with van der Waals surface area (Å²) in [5, 5.41) is 0. The first kappa shape index (κ1) is 16.7. The third kappa shape index (κ3) is 4.95. The second-order valence-corrected chi connectivity index (χ2v) is 5.16. The van der Waals surface area contributed by atoms with E-state index in [4.69, 9.17) is 9.47 Å². The summed E-state index contributed by atoms with van der Waals surface area (Å²) in [6, 6.07) is 15.0. The van der Waals surface area contributed by atoms with Gasteiger partial charge in [0.15, 0.2) is 5.78 Å². The molecule has 4 nitrogen and oxygen atoms in total. The molecule has 0 radical (unpaired) electrons. The molecule has 0 saturated heterocycles. The van der Waals surface area contributed by atoms with Crippen molar-refractivity contribution >= 4 is 11.8 Å². The fourth-order valence-electron chi connectivity index (χ4n) is 2.11. The maximum Gasteiger partial charge on any atom is 0.313 e. The number of benzene rings is 2. The Morgan fingerprint density at radius 2 is 1.78 bits per heavy atom. The molecule has 0 atom stereocenters. The van der Waals surface area contributed by atoms with Crippen LogP contribution in [0.2, 0.25) is 0 Å². The Kier molecular flexibility index (Phi) is 5.92. The number of ketones is 1. The zero-order valence-corrected chi connectivity index (χ0v) is 13.4. The maximum atomic E-state index is 12.1.